The monoisotopic (exact) mass is 421 g/mol. The molecule has 10 nitrogen and oxygen atoms in total. The molecule has 0 radical (unpaired) electrons. The van der Waals surface area contributed by atoms with E-state index in [2.05, 4.69) is 0 Å². The zero-order valence-electron chi connectivity index (χ0n) is 16.0. The summed E-state index contributed by atoms with van der Waals surface area (Å²) in [6.45, 7) is 1.37. The van der Waals surface area contributed by atoms with Crippen LogP contribution in [0.5, 0.6) is 5.75 Å². The minimum absolute atomic E-state index is 0. The molecule has 0 aromatic heterocycles. The van der Waals surface area contributed by atoms with Crippen molar-refractivity contribution in [3.63, 3.8) is 0 Å². The predicted octanol–water partition coefficient (Wildman–Crippen LogP) is -1.62. The van der Waals surface area contributed by atoms with Crippen LogP contribution in [0, 0.1) is 11.8 Å². The molecular weight excluding hydrogens is 398 g/mol. The molecule has 6 unspecified atom stereocenters. The number of rotatable bonds is 1. The Balaban J connectivity index is 0.00000256. The SMILES string of the molecule is CC1(C(N)=O)c2cccc(O)c2C(=O)C2=C(O)C3(O)C(=O)CC(O)CC3C(O)C21.O. The molecule has 6 atom stereocenters. The van der Waals surface area contributed by atoms with E-state index in [0.717, 1.165) is 0 Å². The highest BCUT2D eigenvalue weighted by atomic mass is 16.4. The Kier molecular flexibility index (Phi) is 4.83. The minimum Gasteiger partial charge on any atom is -0.508 e. The normalized spacial score (nSPS) is 37.6. The molecule has 3 aliphatic carbocycles. The number of aromatic hydroxyl groups is 1. The van der Waals surface area contributed by atoms with Gasteiger partial charge in [-0.2, -0.15) is 0 Å². The Bertz CT molecular complexity index is 1000. The van der Waals surface area contributed by atoms with Gasteiger partial charge in [-0.3, -0.25) is 14.4 Å². The van der Waals surface area contributed by atoms with Crippen molar-refractivity contribution in [3.8, 4) is 5.75 Å². The number of fused-ring (bicyclic) bond motifs is 3. The summed E-state index contributed by atoms with van der Waals surface area (Å²) in [4.78, 5) is 38.3. The van der Waals surface area contributed by atoms with Crippen LogP contribution in [-0.2, 0) is 15.0 Å². The van der Waals surface area contributed by atoms with Crippen LogP contribution in [0.2, 0.25) is 0 Å². The highest BCUT2D eigenvalue weighted by Crippen LogP contribution is 2.56. The average Bonchev–Trinajstić information content (AvgIpc) is 2.64. The van der Waals surface area contributed by atoms with E-state index in [4.69, 9.17) is 5.73 Å². The molecule has 1 saturated carbocycles. The fourth-order valence-corrected chi connectivity index (χ4v) is 5.25. The third-order valence-electron chi connectivity index (χ3n) is 6.80. The Labute approximate surface area is 170 Å². The van der Waals surface area contributed by atoms with E-state index in [9.17, 15) is 39.9 Å². The van der Waals surface area contributed by atoms with E-state index in [-0.39, 0.29) is 23.0 Å². The Morgan fingerprint density at radius 2 is 1.83 bits per heavy atom. The molecule has 1 fully saturated rings. The van der Waals surface area contributed by atoms with Crippen molar-refractivity contribution >= 4 is 17.5 Å². The summed E-state index contributed by atoms with van der Waals surface area (Å²) in [6, 6.07) is 4.05. The van der Waals surface area contributed by atoms with Crippen molar-refractivity contribution < 1.29 is 45.4 Å². The number of ketones is 2. The standard InChI is InChI=1S/C20H21NO8.H2O/c1-19(18(21)28)8-3-2-4-10(23)12(8)16(26)13-14(19)15(25)9-5-7(22)6-11(24)20(9,29)17(13)27;/h2-4,7,9,14-15,22-23,25,27,29H,5-6H2,1H3,(H2,21,28);1H2. The number of carbonyl (C=O) groups excluding carboxylic acids is 3. The van der Waals surface area contributed by atoms with Crippen LogP contribution in [-0.4, -0.2) is 66.3 Å². The second-order valence-electron chi connectivity index (χ2n) is 8.22. The van der Waals surface area contributed by atoms with Crippen molar-refractivity contribution in [1.82, 2.24) is 0 Å². The first-order chi connectivity index (χ1) is 13.5. The molecule has 0 spiro atoms. The van der Waals surface area contributed by atoms with E-state index in [1.165, 1.54) is 25.1 Å². The topological polar surface area (TPSA) is 210 Å². The van der Waals surface area contributed by atoms with Gasteiger partial charge in [0.25, 0.3) is 0 Å². The van der Waals surface area contributed by atoms with Crippen molar-refractivity contribution in [2.75, 3.05) is 0 Å². The van der Waals surface area contributed by atoms with Crippen LogP contribution in [0.4, 0.5) is 0 Å². The number of nitrogens with two attached hydrogens (primary N) is 1. The number of phenols is 1. The lowest BCUT2D eigenvalue weighted by Gasteiger charge is -2.53. The van der Waals surface area contributed by atoms with Crippen LogP contribution in [0.3, 0.4) is 0 Å². The second-order valence-corrected chi connectivity index (χ2v) is 8.22. The number of benzene rings is 1. The third kappa shape index (κ3) is 2.36. The molecule has 30 heavy (non-hydrogen) atoms. The third-order valence-corrected chi connectivity index (χ3v) is 6.80. The van der Waals surface area contributed by atoms with Gasteiger partial charge in [0.15, 0.2) is 17.2 Å². The zero-order valence-corrected chi connectivity index (χ0v) is 16.0. The molecule has 162 valence electrons. The van der Waals surface area contributed by atoms with Gasteiger partial charge in [0.1, 0.15) is 11.5 Å². The Morgan fingerprint density at radius 1 is 1.20 bits per heavy atom. The Morgan fingerprint density at radius 3 is 2.43 bits per heavy atom. The van der Waals surface area contributed by atoms with E-state index in [1.54, 1.807) is 0 Å². The van der Waals surface area contributed by atoms with Gasteiger partial charge in [0.05, 0.1) is 23.2 Å². The quantitative estimate of drug-likeness (QED) is 0.309. The number of amides is 1. The molecule has 10 heteroatoms. The lowest BCUT2D eigenvalue weighted by Crippen LogP contribution is -2.66. The number of primary amides is 1. The fraction of sp³-hybridized carbons (Fsp3) is 0.450. The van der Waals surface area contributed by atoms with E-state index in [0.29, 0.717) is 0 Å². The average molecular weight is 421 g/mol. The smallest absolute Gasteiger partial charge is 0.228 e. The molecule has 0 heterocycles. The molecule has 3 aliphatic rings. The predicted molar refractivity (Wildman–Crippen MR) is 100 cm³/mol. The van der Waals surface area contributed by atoms with Gasteiger partial charge in [0.2, 0.25) is 5.91 Å². The first-order valence-electron chi connectivity index (χ1n) is 9.19. The number of Topliss-reactive ketones (excluding diaryl/α,β-unsaturated/α-hetero) is 2. The molecular formula is C20H23NO9. The molecule has 1 amide bonds. The fourth-order valence-electron chi connectivity index (χ4n) is 5.25. The number of carbonyl (C=O) groups is 3. The number of aliphatic hydroxyl groups is 4. The van der Waals surface area contributed by atoms with Crippen LogP contribution in [0.25, 0.3) is 0 Å². The second kappa shape index (κ2) is 6.61. The van der Waals surface area contributed by atoms with Crippen molar-refractivity contribution in [2.24, 2.45) is 17.6 Å². The van der Waals surface area contributed by atoms with Crippen LogP contribution >= 0.6 is 0 Å². The summed E-state index contributed by atoms with van der Waals surface area (Å²) in [5.74, 6) is -6.96. The summed E-state index contributed by atoms with van der Waals surface area (Å²) in [5.41, 5.74) is 0.589. The number of hydrogen-bond acceptors (Lipinski definition) is 8. The largest absolute Gasteiger partial charge is 0.508 e. The molecule has 1 aromatic rings. The molecule has 9 N–H and O–H groups in total. The molecule has 4 rings (SSSR count). The number of hydrogen-bond donors (Lipinski definition) is 6. The molecule has 0 aliphatic heterocycles. The highest BCUT2D eigenvalue weighted by Gasteiger charge is 2.66. The van der Waals surface area contributed by atoms with E-state index in [1.807, 2.05) is 0 Å². The Hall–Kier alpha value is -2.79. The summed E-state index contributed by atoms with van der Waals surface area (Å²) in [6.07, 6.45) is -3.51. The first-order valence-corrected chi connectivity index (χ1v) is 9.19. The van der Waals surface area contributed by atoms with Gasteiger partial charge in [-0.05, 0) is 25.0 Å². The summed E-state index contributed by atoms with van der Waals surface area (Å²) in [5, 5.41) is 53.3. The number of phenolic OH excluding ortho intramolecular Hbond substituents is 1. The van der Waals surface area contributed by atoms with Gasteiger partial charge in [-0.25, -0.2) is 0 Å². The maximum Gasteiger partial charge on any atom is 0.228 e. The van der Waals surface area contributed by atoms with Crippen LogP contribution in [0.15, 0.2) is 29.5 Å². The molecule has 1 aromatic carbocycles. The van der Waals surface area contributed by atoms with Gasteiger partial charge < -0.3 is 36.7 Å². The summed E-state index contributed by atoms with van der Waals surface area (Å²) < 4.78 is 0. The van der Waals surface area contributed by atoms with Crippen LogP contribution < -0.4 is 5.73 Å². The lowest BCUT2D eigenvalue weighted by molar-refractivity contribution is -0.171. The van der Waals surface area contributed by atoms with E-state index < -0.39 is 76.0 Å². The van der Waals surface area contributed by atoms with Crippen molar-refractivity contribution in [2.45, 2.75) is 43.0 Å². The maximum absolute atomic E-state index is 13.2. The van der Waals surface area contributed by atoms with Gasteiger partial charge in [-0.15, -0.1) is 0 Å². The maximum atomic E-state index is 13.2. The van der Waals surface area contributed by atoms with Crippen molar-refractivity contribution in [3.05, 3.63) is 40.7 Å². The lowest BCUT2D eigenvalue weighted by atomic mass is 9.51. The molecule has 0 saturated heterocycles. The summed E-state index contributed by atoms with van der Waals surface area (Å²) >= 11 is 0. The van der Waals surface area contributed by atoms with E-state index >= 15 is 0 Å². The zero-order chi connectivity index (χ0) is 21.5. The summed E-state index contributed by atoms with van der Waals surface area (Å²) in [7, 11) is 0. The van der Waals surface area contributed by atoms with Gasteiger partial charge >= 0.3 is 0 Å². The first kappa shape index (κ1) is 21.9. The highest BCUT2D eigenvalue weighted by molar-refractivity contribution is 6.17. The number of aliphatic hydroxyl groups excluding tert-OH is 3. The molecule has 0 bridgehead atoms. The van der Waals surface area contributed by atoms with Gasteiger partial charge in [-0.1, -0.05) is 12.1 Å². The minimum atomic E-state index is -2.58. The van der Waals surface area contributed by atoms with Crippen LogP contribution in [0.1, 0.15) is 35.7 Å². The van der Waals surface area contributed by atoms with Crippen molar-refractivity contribution in [1.29, 1.82) is 0 Å². The van der Waals surface area contributed by atoms with Gasteiger partial charge in [0, 0.05) is 23.8 Å².